The second-order valence-electron chi connectivity index (χ2n) is 4.35. The molecule has 1 unspecified atom stereocenters. The van der Waals surface area contributed by atoms with Crippen LogP contribution >= 0.6 is 11.3 Å². The Kier molecular flexibility index (Phi) is 3.48. The fourth-order valence-corrected chi connectivity index (χ4v) is 4.23. The van der Waals surface area contributed by atoms with E-state index in [1.165, 1.54) is 16.9 Å². The Morgan fingerprint density at radius 1 is 1.26 bits per heavy atom. The zero-order valence-electron chi connectivity index (χ0n) is 10.2. The summed E-state index contributed by atoms with van der Waals surface area (Å²) in [5.41, 5.74) is 2.16. The van der Waals surface area contributed by atoms with E-state index in [0.717, 1.165) is 16.3 Å². The number of amides is 1. The van der Waals surface area contributed by atoms with Crippen LogP contribution in [-0.4, -0.2) is 22.4 Å². The van der Waals surface area contributed by atoms with Gasteiger partial charge in [0.05, 0.1) is 15.0 Å². The van der Waals surface area contributed by atoms with Crippen LogP contribution in [0.15, 0.2) is 46.0 Å². The van der Waals surface area contributed by atoms with Crippen LogP contribution in [0.2, 0.25) is 0 Å². The van der Waals surface area contributed by atoms with Crippen LogP contribution in [0.3, 0.4) is 0 Å². The molecule has 1 amide bonds. The SMILES string of the molecule is O=C(CS(=O)c1cccs1)N1CCc2ccccc21. The van der Waals surface area contributed by atoms with Crippen LogP contribution in [0.5, 0.6) is 0 Å². The molecule has 0 spiro atoms. The average molecular weight is 291 g/mol. The quantitative estimate of drug-likeness (QED) is 0.871. The highest BCUT2D eigenvalue weighted by molar-refractivity contribution is 7.88. The van der Waals surface area contributed by atoms with Gasteiger partial charge in [-0.3, -0.25) is 9.00 Å². The molecule has 2 aromatic rings. The summed E-state index contributed by atoms with van der Waals surface area (Å²) >= 11 is 1.43. The number of carbonyl (C=O) groups is 1. The smallest absolute Gasteiger partial charge is 0.240 e. The van der Waals surface area contributed by atoms with Gasteiger partial charge in [-0.15, -0.1) is 11.3 Å². The molecule has 3 nitrogen and oxygen atoms in total. The van der Waals surface area contributed by atoms with Crippen molar-refractivity contribution in [3.05, 3.63) is 47.3 Å². The van der Waals surface area contributed by atoms with Crippen molar-refractivity contribution >= 4 is 33.7 Å². The summed E-state index contributed by atoms with van der Waals surface area (Å²) in [5.74, 6) is 0.00571. The summed E-state index contributed by atoms with van der Waals surface area (Å²) in [6.07, 6.45) is 0.882. The van der Waals surface area contributed by atoms with E-state index in [1.54, 1.807) is 4.90 Å². The second-order valence-corrected chi connectivity index (χ2v) is 6.97. The lowest BCUT2D eigenvalue weighted by atomic mass is 10.2. The Morgan fingerprint density at radius 3 is 2.89 bits per heavy atom. The number of fused-ring (bicyclic) bond motifs is 1. The van der Waals surface area contributed by atoms with Crippen LogP contribution in [0.4, 0.5) is 5.69 Å². The van der Waals surface area contributed by atoms with Gasteiger partial charge in [-0.25, -0.2) is 0 Å². The summed E-state index contributed by atoms with van der Waals surface area (Å²) in [6.45, 7) is 0.694. The molecular weight excluding hydrogens is 278 g/mol. The number of rotatable bonds is 3. The van der Waals surface area contributed by atoms with E-state index in [-0.39, 0.29) is 11.7 Å². The van der Waals surface area contributed by atoms with Gasteiger partial charge in [-0.2, -0.15) is 0 Å². The molecule has 0 N–H and O–H groups in total. The molecule has 0 aliphatic carbocycles. The third-order valence-corrected chi connectivity index (χ3v) is 5.76. The third-order valence-electron chi connectivity index (χ3n) is 3.16. The van der Waals surface area contributed by atoms with Gasteiger partial charge in [0, 0.05) is 12.2 Å². The largest absolute Gasteiger partial charge is 0.311 e. The normalized spacial score (nSPS) is 15.3. The number of carbonyl (C=O) groups excluding carboxylic acids is 1. The molecule has 0 bridgehead atoms. The molecule has 1 atom stereocenters. The van der Waals surface area contributed by atoms with Crippen LogP contribution in [0, 0.1) is 0 Å². The Hall–Kier alpha value is -1.46. The molecule has 1 aromatic carbocycles. The van der Waals surface area contributed by atoms with Crippen molar-refractivity contribution in [1.29, 1.82) is 0 Å². The average Bonchev–Trinajstić information content (AvgIpc) is 3.08. The molecule has 0 saturated heterocycles. The molecule has 1 aromatic heterocycles. The molecule has 0 radical (unpaired) electrons. The Bertz CT molecular complexity index is 622. The first-order valence-corrected chi connectivity index (χ1v) is 8.26. The number of nitrogens with zero attached hydrogens (tertiary/aromatic N) is 1. The summed E-state index contributed by atoms with van der Waals surface area (Å²) in [6, 6.07) is 11.6. The van der Waals surface area contributed by atoms with Gasteiger partial charge < -0.3 is 4.90 Å². The number of hydrogen-bond donors (Lipinski definition) is 0. The van der Waals surface area contributed by atoms with E-state index in [2.05, 4.69) is 0 Å². The lowest BCUT2D eigenvalue weighted by molar-refractivity contribution is -0.116. The van der Waals surface area contributed by atoms with Gasteiger partial charge >= 0.3 is 0 Å². The van der Waals surface area contributed by atoms with E-state index >= 15 is 0 Å². The third kappa shape index (κ3) is 2.48. The van der Waals surface area contributed by atoms with Crippen molar-refractivity contribution in [2.45, 2.75) is 10.6 Å². The number of benzene rings is 1. The lowest BCUT2D eigenvalue weighted by Crippen LogP contribution is -2.32. The maximum atomic E-state index is 12.3. The molecular formula is C14H13NO2S2. The molecule has 19 heavy (non-hydrogen) atoms. The highest BCUT2D eigenvalue weighted by Gasteiger charge is 2.25. The van der Waals surface area contributed by atoms with Crippen LogP contribution < -0.4 is 4.90 Å². The molecule has 3 rings (SSSR count). The molecule has 1 aliphatic heterocycles. The number of para-hydroxylation sites is 1. The van der Waals surface area contributed by atoms with Crippen molar-refractivity contribution in [1.82, 2.24) is 0 Å². The van der Waals surface area contributed by atoms with Crippen molar-refractivity contribution in [2.24, 2.45) is 0 Å². The van der Waals surface area contributed by atoms with Gasteiger partial charge in [-0.05, 0) is 29.5 Å². The van der Waals surface area contributed by atoms with E-state index in [1.807, 2.05) is 41.8 Å². The van der Waals surface area contributed by atoms with E-state index in [9.17, 15) is 9.00 Å². The Balaban J connectivity index is 1.74. The summed E-state index contributed by atoms with van der Waals surface area (Å²) in [5, 5.41) is 1.88. The zero-order chi connectivity index (χ0) is 13.2. The minimum absolute atomic E-state index is 0.0586. The van der Waals surface area contributed by atoms with Gasteiger partial charge in [0.1, 0.15) is 5.75 Å². The number of anilines is 1. The van der Waals surface area contributed by atoms with Crippen LogP contribution in [0.1, 0.15) is 5.56 Å². The lowest BCUT2D eigenvalue weighted by Gasteiger charge is -2.16. The molecule has 0 fully saturated rings. The molecule has 5 heteroatoms. The van der Waals surface area contributed by atoms with Crippen molar-refractivity contribution in [3.63, 3.8) is 0 Å². The summed E-state index contributed by atoms with van der Waals surface area (Å²) in [4.78, 5) is 14.0. The van der Waals surface area contributed by atoms with Crippen molar-refractivity contribution in [3.8, 4) is 0 Å². The predicted molar refractivity (Wildman–Crippen MR) is 78.1 cm³/mol. The van der Waals surface area contributed by atoms with Gasteiger partial charge in [-0.1, -0.05) is 24.3 Å². The van der Waals surface area contributed by atoms with Crippen LogP contribution in [-0.2, 0) is 22.0 Å². The van der Waals surface area contributed by atoms with E-state index < -0.39 is 10.8 Å². The standard InChI is InChI=1S/C14H13NO2S2/c16-13(10-19(17)14-6-3-9-18-14)15-8-7-11-4-1-2-5-12(11)15/h1-6,9H,7-8,10H2. The molecule has 2 heterocycles. The maximum absolute atomic E-state index is 12.3. The van der Waals surface area contributed by atoms with Crippen molar-refractivity contribution < 1.29 is 9.00 Å². The summed E-state index contributed by atoms with van der Waals surface area (Å²) < 4.78 is 12.8. The van der Waals surface area contributed by atoms with Gasteiger partial charge in [0.25, 0.3) is 0 Å². The number of hydrogen-bond acceptors (Lipinski definition) is 3. The minimum Gasteiger partial charge on any atom is -0.311 e. The summed E-state index contributed by atoms with van der Waals surface area (Å²) in [7, 11) is -1.23. The fraction of sp³-hybridized carbons (Fsp3) is 0.214. The molecule has 1 aliphatic rings. The first-order chi connectivity index (χ1) is 9.25. The van der Waals surface area contributed by atoms with E-state index in [0.29, 0.717) is 6.54 Å². The number of thiophene rings is 1. The van der Waals surface area contributed by atoms with Gasteiger partial charge in [0.2, 0.25) is 5.91 Å². The second kappa shape index (κ2) is 5.27. The van der Waals surface area contributed by atoms with Crippen LogP contribution in [0.25, 0.3) is 0 Å². The monoisotopic (exact) mass is 291 g/mol. The Morgan fingerprint density at radius 2 is 2.11 bits per heavy atom. The first kappa shape index (κ1) is 12.6. The predicted octanol–water partition coefficient (Wildman–Crippen LogP) is 2.45. The molecule has 98 valence electrons. The van der Waals surface area contributed by atoms with E-state index in [4.69, 9.17) is 0 Å². The Labute approximate surface area is 118 Å². The topological polar surface area (TPSA) is 37.4 Å². The zero-order valence-corrected chi connectivity index (χ0v) is 11.9. The fourth-order valence-electron chi connectivity index (χ4n) is 2.25. The maximum Gasteiger partial charge on any atom is 0.240 e. The van der Waals surface area contributed by atoms with Crippen molar-refractivity contribution in [2.75, 3.05) is 17.2 Å². The first-order valence-electron chi connectivity index (χ1n) is 6.06. The highest BCUT2D eigenvalue weighted by Crippen LogP contribution is 2.27. The molecule has 0 saturated carbocycles. The highest BCUT2D eigenvalue weighted by atomic mass is 32.2. The minimum atomic E-state index is -1.23. The van der Waals surface area contributed by atoms with Gasteiger partial charge in [0.15, 0.2) is 0 Å².